The van der Waals surface area contributed by atoms with E-state index in [2.05, 4.69) is 13.5 Å². The van der Waals surface area contributed by atoms with Crippen LogP contribution in [0.3, 0.4) is 0 Å². The Labute approximate surface area is 88.2 Å². The van der Waals surface area contributed by atoms with E-state index >= 15 is 0 Å². The zero-order valence-corrected chi connectivity index (χ0v) is 9.63. The Morgan fingerprint density at radius 1 is 1.36 bits per heavy atom. The van der Waals surface area contributed by atoms with Gasteiger partial charge in [0.15, 0.2) is 0 Å². The lowest BCUT2D eigenvalue weighted by molar-refractivity contribution is -0.0273. The fraction of sp³-hybridized carbons (Fsp3) is 0.846. The molecule has 0 aromatic rings. The smallest absolute Gasteiger partial charge is 0.0650 e. The molecule has 1 aliphatic carbocycles. The van der Waals surface area contributed by atoms with Crippen molar-refractivity contribution < 1.29 is 5.11 Å². The SMILES string of the molecule is C=CCCC(C)(O)C1CCC(C)CC1. The second-order valence-electron chi connectivity index (χ2n) is 5.14. The minimum atomic E-state index is -0.464. The quantitative estimate of drug-likeness (QED) is 0.682. The standard InChI is InChI=1S/C13H24O/c1-4-5-10-13(3,14)12-8-6-11(2)7-9-12/h4,11-12,14H,1,5-10H2,2-3H3. The molecule has 0 saturated heterocycles. The molecule has 0 heterocycles. The van der Waals surface area contributed by atoms with Gasteiger partial charge in [-0.1, -0.05) is 25.8 Å². The van der Waals surface area contributed by atoms with Crippen molar-refractivity contribution in [2.24, 2.45) is 11.8 Å². The Balaban J connectivity index is 2.42. The molecular formula is C13H24O. The molecule has 1 aliphatic rings. The third kappa shape index (κ3) is 3.13. The zero-order chi connectivity index (χ0) is 10.6. The molecule has 1 rings (SSSR count). The number of aliphatic hydroxyl groups is 1. The topological polar surface area (TPSA) is 20.2 Å². The number of hydrogen-bond acceptors (Lipinski definition) is 1. The molecule has 0 amide bonds. The predicted molar refractivity (Wildman–Crippen MR) is 61.2 cm³/mol. The van der Waals surface area contributed by atoms with E-state index in [1.54, 1.807) is 0 Å². The molecule has 0 aliphatic heterocycles. The van der Waals surface area contributed by atoms with E-state index in [4.69, 9.17) is 0 Å². The van der Waals surface area contributed by atoms with Crippen molar-refractivity contribution in [2.75, 3.05) is 0 Å². The first kappa shape index (κ1) is 11.8. The van der Waals surface area contributed by atoms with Crippen molar-refractivity contribution >= 4 is 0 Å². The second-order valence-corrected chi connectivity index (χ2v) is 5.14. The molecule has 1 nitrogen and oxygen atoms in total. The Kier molecular flexibility index (Phi) is 4.18. The highest BCUT2D eigenvalue weighted by atomic mass is 16.3. The van der Waals surface area contributed by atoms with Crippen LogP contribution < -0.4 is 0 Å². The van der Waals surface area contributed by atoms with Crippen molar-refractivity contribution in [2.45, 2.75) is 58.0 Å². The van der Waals surface area contributed by atoms with Crippen LogP contribution in [0.2, 0.25) is 0 Å². The lowest BCUT2D eigenvalue weighted by Gasteiger charge is -2.37. The summed E-state index contributed by atoms with van der Waals surface area (Å²) in [4.78, 5) is 0. The summed E-state index contributed by atoms with van der Waals surface area (Å²) in [5, 5.41) is 10.3. The van der Waals surface area contributed by atoms with Gasteiger partial charge in [0.2, 0.25) is 0 Å². The average molecular weight is 196 g/mol. The normalized spacial score (nSPS) is 32.2. The van der Waals surface area contributed by atoms with E-state index in [0.717, 1.165) is 18.8 Å². The molecule has 0 aromatic carbocycles. The van der Waals surface area contributed by atoms with Gasteiger partial charge >= 0.3 is 0 Å². The first-order chi connectivity index (χ1) is 6.56. The van der Waals surface area contributed by atoms with Gasteiger partial charge in [0.25, 0.3) is 0 Å². The highest BCUT2D eigenvalue weighted by Crippen LogP contribution is 2.37. The number of rotatable bonds is 4. The van der Waals surface area contributed by atoms with Crippen LogP contribution in [-0.4, -0.2) is 10.7 Å². The summed E-state index contributed by atoms with van der Waals surface area (Å²) in [5.41, 5.74) is -0.464. The summed E-state index contributed by atoms with van der Waals surface area (Å²) in [6.07, 6.45) is 8.68. The summed E-state index contributed by atoms with van der Waals surface area (Å²) in [5.74, 6) is 1.38. The van der Waals surface area contributed by atoms with Crippen molar-refractivity contribution in [1.82, 2.24) is 0 Å². The molecule has 82 valence electrons. The molecule has 14 heavy (non-hydrogen) atoms. The average Bonchev–Trinajstić information content (AvgIpc) is 2.16. The van der Waals surface area contributed by atoms with Gasteiger partial charge in [-0.3, -0.25) is 0 Å². The van der Waals surface area contributed by atoms with Crippen LogP contribution in [0.1, 0.15) is 52.4 Å². The van der Waals surface area contributed by atoms with Gasteiger partial charge < -0.3 is 5.11 Å². The zero-order valence-electron chi connectivity index (χ0n) is 9.63. The second kappa shape index (κ2) is 4.97. The first-order valence-electron chi connectivity index (χ1n) is 5.89. The molecule has 1 unspecified atom stereocenters. The molecule has 0 radical (unpaired) electrons. The monoisotopic (exact) mass is 196 g/mol. The Morgan fingerprint density at radius 2 is 1.93 bits per heavy atom. The Bertz CT molecular complexity index is 176. The number of hydrogen-bond donors (Lipinski definition) is 1. The Morgan fingerprint density at radius 3 is 2.43 bits per heavy atom. The molecule has 0 aromatic heterocycles. The van der Waals surface area contributed by atoms with Gasteiger partial charge in [0, 0.05) is 0 Å². The van der Waals surface area contributed by atoms with E-state index in [9.17, 15) is 5.11 Å². The minimum Gasteiger partial charge on any atom is -0.390 e. The largest absolute Gasteiger partial charge is 0.390 e. The predicted octanol–water partition coefficient (Wildman–Crippen LogP) is 3.53. The highest BCUT2D eigenvalue weighted by molar-refractivity contribution is 4.87. The summed E-state index contributed by atoms with van der Waals surface area (Å²) in [6, 6.07) is 0. The molecule has 1 saturated carbocycles. The lowest BCUT2D eigenvalue weighted by atomic mass is 9.73. The van der Waals surface area contributed by atoms with Gasteiger partial charge in [-0.25, -0.2) is 0 Å². The minimum absolute atomic E-state index is 0.464. The van der Waals surface area contributed by atoms with Crippen LogP contribution in [-0.2, 0) is 0 Å². The molecule has 0 bridgehead atoms. The van der Waals surface area contributed by atoms with Crippen LogP contribution >= 0.6 is 0 Å². The van der Waals surface area contributed by atoms with E-state index in [-0.39, 0.29) is 0 Å². The van der Waals surface area contributed by atoms with Crippen molar-refractivity contribution in [3.63, 3.8) is 0 Å². The van der Waals surface area contributed by atoms with Crippen LogP contribution in [0, 0.1) is 11.8 Å². The van der Waals surface area contributed by atoms with E-state index in [1.807, 2.05) is 13.0 Å². The first-order valence-corrected chi connectivity index (χ1v) is 5.89. The van der Waals surface area contributed by atoms with E-state index in [1.165, 1.54) is 25.7 Å². The third-order valence-corrected chi connectivity index (χ3v) is 3.75. The highest BCUT2D eigenvalue weighted by Gasteiger charge is 2.33. The maximum atomic E-state index is 10.3. The van der Waals surface area contributed by atoms with Crippen LogP contribution in [0.25, 0.3) is 0 Å². The van der Waals surface area contributed by atoms with E-state index in [0.29, 0.717) is 5.92 Å². The van der Waals surface area contributed by atoms with Gasteiger partial charge in [-0.2, -0.15) is 0 Å². The van der Waals surface area contributed by atoms with Gasteiger partial charge in [-0.15, -0.1) is 6.58 Å². The number of allylic oxidation sites excluding steroid dienone is 1. The fourth-order valence-corrected chi connectivity index (χ4v) is 2.48. The third-order valence-electron chi connectivity index (χ3n) is 3.75. The fourth-order valence-electron chi connectivity index (χ4n) is 2.48. The summed E-state index contributed by atoms with van der Waals surface area (Å²) in [7, 11) is 0. The van der Waals surface area contributed by atoms with E-state index < -0.39 is 5.60 Å². The van der Waals surface area contributed by atoms with Crippen molar-refractivity contribution in [1.29, 1.82) is 0 Å². The van der Waals surface area contributed by atoms with Crippen LogP contribution in [0.4, 0.5) is 0 Å². The summed E-state index contributed by atoms with van der Waals surface area (Å²) < 4.78 is 0. The van der Waals surface area contributed by atoms with Crippen molar-refractivity contribution in [3.8, 4) is 0 Å². The maximum absolute atomic E-state index is 10.3. The van der Waals surface area contributed by atoms with Gasteiger partial charge in [0.1, 0.15) is 0 Å². The summed E-state index contributed by atoms with van der Waals surface area (Å²) in [6.45, 7) is 8.02. The molecular weight excluding hydrogens is 172 g/mol. The molecule has 0 spiro atoms. The van der Waals surface area contributed by atoms with Gasteiger partial charge in [0.05, 0.1) is 5.60 Å². The van der Waals surface area contributed by atoms with Crippen LogP contribution in [0.5, 0.6) is 0 Å². The summed E-state index contributed by atoms with van der Waals surface area (Å²) >= 11 is 0. The van der Waals surface area contributed by atoms with Crippen LogP contribution in [0.15, 0.2) is 12.7 Å². The molecule has 1 N–H and O–H groups in total. The molecule has 1 atom stereocenters. The lowest BCUT2D eigenvalue weighted by Crippen LogP contribution is -2.36. The Hall–Kier alpha value is -0.300. The molecule has 1 heteroatoms. The molecule has 1 fully saturated rings. The van der Waals surface area contributed by atoms with Crippen molar-refractivity contribution in [3.05, 3.63) is 12.7 Å². The van der Waals surface area contributed by atoms with Gasteiger partial charge in [-0.05, 0) is 44.4 Å². The maximum Gasteiger partial charge on any atom is 0.0650 e.